The average Bonchev–Trinajstić information content (AvgIpc) is 2.60. The van der Waals surface area contributed by atoms with Gasteiger partial charge in [0.2, 0.25) is 0 Å². The number of esters is 1. The van der Waals surface area contributed by atoms with Crippen LogP contribution in [0.15, 0.2) is 28.9 Å². The zero-order chi connectivity index (χ0) is 10.8. The second kappa shape index (κ2) is 3.77. The molecule has 1 aromatic heterocycles. The topological polar surface area (TPSA) is 39.4 Å². The molecule has 0 aliphatic rings. The van der Waals surface area contributed by atoms with Crippen molar-refractivity contribution in [2.45, 2.75) is 13.3 Å². The maximum absolute atomic E-state index is 11.1. The number of benzene rings is 1. The molecule has 15 heavy (non-hydrogen) atoms. The van der Waals surface area contributed by atoms with Gasteiger partial charge in [0.25, 0.3) is 0 Å². The summed E-state index contributed by atoms with van der Waals surface area (Å²) in [5.74, 6) is -0.252. The van der Waals surface area contributed by atoms with E-state index in [0.717, 1.165) is 22.1 Å². The number of carbonyl (C=O) groups excluding carboxylic acids is 1. The van der Waals surface area contributed by atoms with Crippen LogP contribution in [0.3, 0.4) is 0 Å². The Hall–Kier alpha value is -1.77. The predicted octanol–water partition coefficient (Wildman–Crippen LogP) is 2.46. The van der Waals surface area contributed by atoms with Crippen LogP contribution >= 0.6 is 0 Å². The molecule has 0 radical (unpaired) electrons. The van der Waals surface area contributed by atoms with Crippen molar-refractivity contribution in [2.75, 3.05) is 7.11 Å². The Kier molecular flexibility index (Phi) is 2.46. The summed E-state index contributed by atoms with van der Waals surface area (Å²) in [5, 5.41) is 0.978. The molecule has 0 fully saturated rings. The van der Waals surface area contributed by atoms with E-state index in [4.69, 9.17) is 4.42 Å². The highest BCUT2D eigenvalue weighted by Crippen LogP contribution is 2.22. The van der Waals surface area contributed by atoms with Crippen molar-refractivity contribution in [3.05, 3.63) is 35.6 Å². The van der Waals surface area contributed by atoms with Gasteiger partial charge in [-0.25, -0.2) is 0 Å². The molecule has 0 aliphatic heterocycles. The van der Waals surface area contributed by atoms with Gasteiger partial charge in [0.15, 0.2) is 0 Å². The van der Waals surface area contributed by atoms with Gasteiger partial charge in [0.1, 0.15) is 5.58 Å². The smallest absolute Gasteiger partial charge is 0.310 e. The minimum absolute atomic E-state index is 0.252. The van der Waals surface area contributed by atoms with E-state index in [1.165, 1.54) is 7.11 Å². The third-order valence-electron chi connectivity index (χ3n) is 2.37. The van der Waals surface area contributed by atoms with Gasteiger partial charge in [-0.3, -0.25) is 4.79 Å². The van der Waals surface area contributed by atoms with Gasteiger partial charge in [-0.1, -0.05) is 12.1 Å². The Balaban J connectivity index is 2.41. The van der Waals surface area contributed by atoms with Crippen molar-refractivity contribution in [1.29, 1.82) is 0 Å². The summed E-state index contributed by atoms with van der Waals surface area (Å²) in [6.45, 7) is 2.00. The van der Waals surface area contributed by atoms with E-state index in [2.05, 4.69) is 4.74 Å². The highest BCUT2D eigenvalue weighted by molar-refractivity contribution is 5.86. The molecule has 0 amide bonds. The van der Waals surface area contributed by atoms with Crippen LogP contribution in [-0.4, -0.2) is 13.1 Å². The molecule has 0 spiro atoms. The first-order valence-corrected chi connectivity index (χ1v) is 4.74. The highest BCUT2D eigenvalue weighted by Gasteiger charge is 2.10. The van der Waals surface area contributed by atoms with E-state index in [1.807, 2.05) is 25.1 Å². The molecule has 0 N–H and O–H groups in total. The second-order valence-corrected chi connectivity index (χ2v) is 3.51. The van der Waals surface area contributed by atoms with Gasteiger partial charge in [0, 0.05) is 10.9 Å². The van der Waals surface area contributed by atoms with E-state index in [9.17, 15) is 4.79 Å². The highest BCUT2D eigenvalue weighted by atomic mass is 16.5. The van der Waals surface area contributed by atoms with Crippen LogP contribution in [0.1, 0.15) is 11.1 Å². The molecular weight excluding hydrogens is 192 g/mol. The standard InChI is InChI=1S/C12H12O3/c1-8-3-4-10-9(6-12(13)14-2)7-15-11(10)5-8/h3-5,7H,6H2,1-2H3. The summed E-state index contributed by atoms with van der Waals surface area (Å²) in [7, 11) is 1.38. The van der Waals surface area contributed by atoms with Crippen molar-refractivity contribution in [2.24, 2.45) is 0 Å². The number of fused-ring (bicyclic) bond motifs is 1. The first-order valence-electron chi connectivity index (χ1n) is 4.74. The Morgan fingerprint density at radius 2 is 2.27 bits per heavy atom. The van der Waals surface area contributed by atoms with E-state index in [0.29, 0.717) is 0 Å². The minimum Gasteiger partial charge on any atom is -0.469 e. The molecule has 2 aromatic rings. The molecule has 3 heteroatoms. The van der Waals surface area contributed by atoms with Crippen molar-refractivity contribution < 1.29 is 13.9 Å². The van der Waals surface area contributed by atoms with Gasteiger partial charge in [-0.05, 0) is 18.6 Å². The molecule has 0 atom stereocenters. The Bertz CT molecular complexity index is 497. The van der Waals surface area contributed by atoms with Crippen LogP contribution in [0.5, 0.6) is 0 Å². The van der Waals surface area contributed by atoms with Crippen LogP contribution in [0.4, 0.5) is 0 Å². The van der Waals surface area contributed by atoms with E-state index < -0.39 is 0 Å². The van der Waals surface area contributed by atoms with E-state index in [-0.39, 0.29) is 12.4 Å². The van der Waals surface area contributed by atoms with Gasteiger partial charge >= 0.3 is 5.97 Å². The first-order chi connectivity index (χ1) is 7.20. The number of rotatable bonds is 2. The molecule has 3 nitrogen and oxygen atoms in total. The molecular formula is C12H12O3. The number of hydrogen-bond acceptors (Lipinski definition) is 3. The summed E-state index contributed by atoms with van der Waals surface area (Å²) in [6, 6.07) is 5.92. The summed E-state index contributed by atoms with van der Waals surface area (Å²) >= 11 is 0. The third kappa shape index (κ3) is 1.86. The lowest BCUT2D eigenvalue weighted by Gasteiger charge is -1.97. The van der Waals surface area contributed by atoms with Crippen molar-refractivity contribution >= 4 is 16.9 Å². The number of carbonyl (C=O) groups is 1. The third-order valence-corrected chi connectivity index (χ3v) is 2.37. The molecule has 2 rings (SSSR count). The van der Waals surface area contributed by atoms with Crippen molar-refractivity contribution in [1.82, 2.24) is 0 Å². The first kappa shape index (κ1) is 9.77. The quantitative estimate of drug-likeness (QED) is 0.705. The molecule has 78 valence electrons. The lowest BCUT2D eigenvalue weighted by Crippen LogP contribution is -2.03. The maximum Gasteiger partial charge on any atom is 0.310 e. The van der Waals surface area contributed by atoms with Crippen LogP contribution in [-0.2, 0) is 16.0 Å². The minimum atomic E-state index is -0.252. The fourth-order valence-electron chi connectivity index (χ4n) is 1.56. The number of furan rings is 1. The lowest BCUT2D eigenvalue weighted by molar-refractivity contribution is -0.139. The zero-order valence-electron chi connectivity index (χ0n) is 8.74. The molecule has 1 aromatic carbocycles. The summed E-state index contributed by atoms with van der Waals surface area (Å²) in [6.07, 6.45) is 1.87. The molecule has 0 unspecified atom stereocenters. The summed E-state index contributed by atoms with van der Waals surface area (Å²) in [4.78, 5) is 11.1. The van der Waals surface area contributed by atoms with Crippen LogP contribution < -0.4 is 0 Å². The van der Waals surface area contributed by atoms with Crippen LogP contribution in [0, 0.1) is 6.92 Å². The van der Waals surface area contributed by atoms with Gasteiger partial charge in [-0.2, -0.15) is 0 Å². The van der Waals surface area contributed by atoms with Gasteiger partial charge < -0.3 is 9.15 Å². The maximum atomic E-state index is 11.1. The Labute approximate surface area is 87.6 Å². The molecule has 0 bridgehead atoms. The zero-order valence-corrected chi connectivity index (χ0v) is 8.74. The second-order valence-electron chi connectivity index (χ2n) is 3.51. The van der Waals surface area contributed by atoms with Crippen LogP contribution in [0.25, 0.3) is 11.0 Å². The normalized spacial score (nSPS) is 10.5. The summed E-state index contributed by atoms with van der Waals surface area (Å²) in [5.41, 5.74) is 2.83. The molecule has 0 saturated carbocycles. The summed E-state index contributed by atoms with van der Waals surface area (Å²) < 4.78 is 9.98. The number of ether oxygens (including phenoxy) is 1. The Morgan fingerprint density at radius 3 is 3.00 bits per heavy atom. The fourth-order valence-corrected chi connectivity index (χ4v) is 1.56. The predicted molar refractivity (Wildman–Crippen MR) is 56.7 cm³/mol. The van der Waals surface area contributed by atoms with E-state index in [1.54, 1.807) is 6.26 Å². The fraction of sp³-hybridized carbons (Fsp3) is 0.250. The molecule has 0 aliphatic carbocycles. The SMILES string of the molecule is COC(=O)Cc1coc2cc(C)ccc12. The van der Waals surface area contributed by atoms with E-state index >= 15 is 0 Å². The lowest BCUT2D eigenvalue weighted by atomic mass is 10.1. The number of methoxy groups -OCH3 is 1. The molecule has 0 saturated heterocycles. The average molecular weight is 204 g/mol. The number of aryl methyl sites for hydroxylation is 1. The van der Waals surface area contributed by atoms with Gasteiger partial charge in [0.05, 0.1) is 19.8 Å². The van der Waals surface area contributed by atoms with Crippen LogP contribution in [0.2, 0.25) is 0 Å². The largest absolute Gasteiger partial charge is 0.469 e. The number of hydrogen-bond donors (Lipinski definition) is 0. The van der Waals surface area contributed by atoms with Crippen molar-refractivity contribution in [3.63, 3.8) is 0 Å². The monoisotopic (exact) mass is 204 g/mol. The molecule has 1 heterocycles. The van der Waals surface area contributed by atoms with Gasteiger partial charge in [-0.15, -0.1) is 0 Å². The Morgan fingerprint density at radius 1 is 1.47 bits per heavy atom. The van der Waals surface area contributed by atoms with Crippen molar-refractivity contribution in [3.8, 4) is 0 Å².